The Morgan fingerprint density at radius 1 is 1.42 bits per heavy atom. The van der Waals surface area contributed by atoms with Gasteiger partial charge in [0.15, 0.2) is 6.23 Å². The molecule has 1 fully saturated rings. The molecule has 1 aliphatic heterocycles. The summed E-state index contributed by atoms with van der Waals surface area (Å²) in [7, 11) is 0. The van der Waals surface area contributed by atoms with E-state index in [-0.39, 0.29) is 5.56 Å². The minimum atomic E-state index is -1.20. The summed E-state index contributed by atoms with van der Waals surface area (Å²) < 4.78 is 6.85. The van der Waals surface area contributed by atoms with Gasteiger partial charge in [-0.3, -0.25) is 4.79 Å². The standard InChI is InChI=1S/C11H13N3O5/c15-3-6-7(16)8(17)11(19-6)14-2-1-5-9(14)12-4-13-10(5)18/h1-2,4,6-8,11,15-17H,3H2,(H,12,13,18)/t6-,7+,8+,11+/m0/s1. The van der Waals surface area contributed by atoms with Crippen LogP contribution in [0.15, 0.2) is 23.4 Å². The minimum absolute atomic E-state index is 0.296. The second kappa shape index (κ2) is 4.42. The fraction of sp³-hybridized carbons (Fsp3) is 0.455. The van der Waals surface area contributed by atoms with Crippen LogP contribution in [0.4, 0.5) is 0 Å². The molecule has 102 valence electrons. The molecule has 8 heteroatoms. The minimum Gasteiger partial charge on any atom is -0.394 e. The fourth-order valence-electron chi connectivity index (χ4n) is 2.30. The summed E-state index contributed by atoms with van der Waals surface area (Å²) in [6.45, 7) is -0.401. The van der Waals surface area contributed by atoms with Crippen LogP contribution in [0.3, 0.4) is 0 Å². The summed E-state index contributed by atoms with van der Waals surface area (Å²) in [5.41, 5.74) is 0.0501. The van der Waals surface area contributed by atoms with Gasteiger partial charge in [0.1, 0.15) is 24.0 Å². The van der Waals surface area contributed by atoms with Crippen molar-refractivity contribution in [3.8, 4) is 0 Å². The summed E-state index contributed by atoms with van der Waals surface area (Å²) in [6, 6.07) is 1.55. The number of rotatable bonds is 2. The van der Waals surface area contributed by atoms with Crippen LogP contribution in [0.2, 0.25) is 0 Å². The highest BCUT2D eigenvalue weighted by Gasteiger charge is 2.43. The zero-order valence-electron chi connectivity index (χ0n) is 9.80. The molecule has 4 N–H and O–H groups in total. The van der Waals surface area contributed by atoms with Crippen LogP contribution in [0.25, 0.3) is 11.0 Å². The predicted octanol–water partition coefficient (Wildman–Crippen LogP) is -1.66. The maximum Gasteiger partial charge on any atom is 0.260 e. The third-order valence-corrected chi connectivity index (χ3v) is 3.31. The van der Waals surface area contributed by atoms with E-state index in [9.17, 15) is 15.0 Å². The second-order valence-electron chi connectivity index (χ2n) is 4.42. The molecule has 2 aromatic heterocycles. The van der Waals surface area contributed by atoms with Gasteiger partial charge < -0.3 is 29.6 Å². The Bertz CT molecular complexity index is 651. The van der Waals surface area contributed by atoms with Gasteiger partial charge in [-0.1, -0.05) is 0 Å². The molecule has 1 aliphatic rings. The molecule has 19 heavy (non-hydrogen) atoms. The molecule has 0 aliphatic carbocycles. The molecule has 4 atom stereocenters. The lowest BCUT2D eigenvalue weighted by molar-refractivity contribution is -0.0508. The zero-order valence-corrected chi connectivity index (χ0v) is 9.80. The van der Waals surface area contributed by atoms with Crippen molar-refractivity contribution in [1.29, 1.82) is 0 Å². The number of hydrogen-bond acceptors (Lipinski definition) is 6. The summed E-state index contributed by atoms with van der Waals surface area (Å²) >= 11 is 0. The molecular formula is C11H13N3O5. The molecule has 0 spiro atoms. The van der Waals surface area contributed by atoms with E-state index in [1.54, 1.807) is 12.3 Å². The molecule has 0 saturated carbocycles. The van der Waals surface area contributed by atoms with Gasteiger partial charge in [-0.2, -0.15) is 0 Å². The summed E-state index contributed by atoms with van der Waals surface area (Å²) in [5.74, 6) is 0. The van der Waals surface area contributed by atoms with Crippen molar-refractivity contribution < 1.29 is 20.1 Å². The number of nitrogens with zero attached hydrogens (tertiary/aromatic N) is 2. The monoisotopic (exact) mass is 267 g/mol. The first kappa shape index (κ1) is 12.3. The Balaban J connectivity index is 2.06. The first-order valence-corrected chi connectivity index (χ1v) is 5.80. The molecule has 0 radical (unpaired) electrons. The van der Waals surface area contributed by atoms with E-state index in [0.29, 0.717) is 11.0 Å². The van der Waals surface area contributed by atoms with Gasteiger partial charge in [-0.15, -0.1) is 0 Å². The van der Waals surface area contributed by atoms with Gasteiger partial charge in [0, 0.05) is 6.20 Å². The van der Waals surface area contributed by atoms with Crippen molar-refractivity contribution in [2.45, 2.75) is 24.5 Å². The van der Waals surface area contributed by atoms with E-state index in [4.69, 9.17) is 9.84 Å². The first-order valence-electron chi connectivity index (χ1n) is 5.80. The highest BCUT2D eigenvalue weighted by atomic mass is 16.6. The van der Waals surface area contributed by atoms with Crippen LogP contribution in [0, 0.1) is 0 Å². The van der Waals surface area contributed by atoms with Crippen LogP contribution in [0.1, 0.15) is 6.23 Å². The number of aliphatic hydroxyl groups is 3. The van der Waals surface area contributed by atoms with Crippen molar-refractivity contribution in [3.05, 3.63) is 28.9 Å². The van der Waals surface area contributed by atoms with Crippen molar-refractivity contribution in [2.75, 3.05) is 6.61 Å². The highest BCUT2D eigenvalue weighted by Crippen LogP contribution is 2.31. The molecule has 3 rings (SSSR count). The Morgan fingerprint density at radius 2 is 2.21 bits per heavy atom. The van der Waals surface area contributed by atoms with E-state index in [1.165, 1.54) is 10.9 Å². The van der Waals surface area contributed by atoms with Gasteiger partial charge in [0.25, 0.3) is 5.56 Å². The summed E-state index contributed by atoms with van der Waals surface area (Å²) in [6.07, 6.45) is -1.34. The van der Waals surface area contributed by atoms with Crippen molar-refractivity contribution >= 4 is 11.0 Å². The SMILES string of the molecule is O=c1[nH]cnc2c1ccn2[C@@H]1O[C@@H](CO)[C@@H](O)[C@H]1O. The van der Waals surface area contributed by atoms with Gasteiger partial charge in [0.2, 0.25) is 0 Å². The number of H-pyrrole nitrogens is 1. The summed E-state index contributed by atoms with van der Waals surface area (Å²) in [5, 5.41) is 29.1. The molecule has 3 heterocycles. The molecule has 0 amide bonds. The van der Waals surface area contributed by atoms with E-state index < -0.39 is 31.1 Å². The normalized spacial score (nSPS) is 31.1. The van der Waals surface area contributed by atoms with Gasteiger partial charge in [-0.25, -0.2) is 4.98 Å². The van der Waals surface area contributed by atoms with Crippen LogP contribution in [-0.4, -0.2) is 54.8 Å². The number of aromatic amines is 1. The van der Waals surface area contributed by atoms with Crippen LogP contribution >= 0.6 is 0 Å². The van der Waals surface area contributed by atoms with E-state index in [1.807, 2.05) is 0 Å². The van der Waals surface area contributed by atoms with Gasteiger partial charge in [-0.05, 0) is 6.07 Å². The number of aliphatic hydroxyl groups excluding tert-OH is 3. The predicted molar refractivity (Wildman–Crippen MR) is 63.4 cm³/mol. The second-order valence-corrected chi connectivity index (χ2v) is 4.42. The molecule has 0 unspecified atom stereocenters. The molecule has 2 aromatic rings. The number of aromatic nitrogens is 3. The van der Waals surface area contributed by atoms with Gasteiger partial charge >= 0.3 is 0 Å². The Morgan fingerprint density at radius 3 is 2.89 bits per heavy atom. The number of ether oxygens (including phenoxy) is 1. The molecule has 0 bridgehead atoms. The van der Waals surface area contributed by atoms with Crippen molar-refractivity contribution in [2.24, 2.45) is 0 Å². The molecular weight excluding hydrogens is 254 g/mol. The van der Waals surface area contributed by atoms with Crippen molar-refractivity contribution in [1.82, 2.24) is 14.5 Å². The lowest BCUT2D eigenvalue weighted by Crippen LogP contribution is -2.33. The van der Waals surface area contributed by atoms with E-state index >= 15 is 0 Å². The maximum absolute atomic E-state index is 11.6. The molecule has 0 aromatic carbocycles. The maximum atomic E-state index is 11.6. The number of fused-ring (bicyclic) bond motifs is 1. The van der Waals surface area contributed by atoms with Crippen LogP contribution in [-0.2, 0) is 4.74 Å². The lowest BCUT2D eigenvalue weighted by Gasteiger charge is -2.17. The van der Waals surface area contributed by atoms with E-state index in [2.05, 4.69) is 9.97 Å². The Labute approximate surface area is 106 Å². The van der Waals surface area contributed by atoms with Crippen LogP contribution in [0.5, 0.6) is 0 Å². The average Bonchev–Trinajstić information content (AvgIpc) is 2.94. The van der Waals surface area contributed by atoms with Gasteiger partial charge in [0.05, 0.1) is 18.3 Å². The van der Waals surface area contributed by atoms with Crippen molar-refractivity contribution in [3.63, 3.8) is 0 Å². The largest absolute Gasteiger partial charge is 0.394 e. The smallest absolute Gasteiger partial charge is 0.260 e. The number of hydrogen-bond donors (Lipinski definition) is 4. The quantitative estimate of drug-likeness (QED) is 0.516. The van der Waals surface area contributed by atoms with E-state index in [0.717, 1.165) is 0 Å². The highest BCUT2D eigenvalue weighted by molar-refractivity contribution is 5.74. The molecule has 1 saturated heterocycles. The molecule has 8 nitrogen and oxygen atoms in total. The topological polar surface area (TPSA) is 121 Å². The Kier molecular flexibility index (Phi) is 2.86. The third-order valence-electron chi connectivity index (χ3n) is 3.31. The third kappa shape index (κ3) is 1.77. The zero-order chi connectivity index (χ0) is 13.6. The Hall–Kier alpha value is -1.74. The first-order chi connectivity index (χ1) is 9.13. The van der Waals surface area contributed by atoms with Crippen LogP contribution < -0.4 is 5.56 Å². The lowest BCUT2D eigenvalue weighted by atomic mass is 10.1. The number of nitrogens with one attached hydrogen (secondary N) is 1. The fourth-order valence-corrected chi connectivity index (χ4v) is 2.30. The summed E-state index contributed by atoms with van der Waals surface area (Å²) in [4.78, 5) is 18.0. The average molecular weight is 267 g/mol.